The number of nitrogens with zero attached hydrogens (tertiary/aromatic N) is 2. The zero-order valence-electron chi connectivity index (χ0n) is 20.5. The number of aryl methyl sites for hydroxylation is 2. The quantitative estimate of drug-likeness (QED) is 0.235. The van der Waals surface area contributed by atoms with Crippen molar-refractivity contribution in [2.24, 2.45) is 5.92 Å². The van der Waals surface area contributed by atoms with E-state index in [2.05, 4.69) is 22.5 Å². The molecule has 0 fully saturated rings. The molecule has 8 nitrogen and oxygen atoms in total. The number of allylic oxidation sites excluding steroid dienone is 2. The molecule has 35 heavy (non-hydrogen) atoms. The Balaban J connectivity index is 1.81. The molecule has 0 radical (unpaired) electrons. The number of benzene rings is 1. The van der Waals surface area contributed by atoms with Gasteiger partial charge in [-0.1, -0.05) is 42.5 Å². The minimum absolute atomic E-state index is 0.114. The number of nitrogens with one attached hydrogen (secondary N) is 1. The lowest BCUT2D eigenvalue weighted by Gasteiger charge is -2.32. The predicted molar refractivity (Wildman–Crippen MR) is 138 cm³/mol. The van der Waals surface area contributed by atoms with E-state index in [4.69, 9.17) is 0 Å². The number of aliphatic hydroxyl groups is 3. The van der Waals surface area contributed by atoms with Crippen LogP contribution in [0.5, 0.6) is 0 Å². The summed E-state index contributed by atoms with van der Waals surface area (Å²) in [6, 6.07) is 8.96. The molecule has 0 spiro atoms. The van der Waals surface area contributed by atoms with Gasteiger partial charge < -0.3 is 15.3 Å². The monoisotopic (exact) mass is 523 g/mol. The molecule has 1 aliphatic carbocycles. The Kier molecular flexibility index (Phi) is 10.00. The van der Waals surface area contributed by atoms with Crippen molar-refractivity contribution in [2.75, 3.05) is 13.1 Å². The molecule has 4 N–H and O–H groups in total. The molecule has 0 saturated heterocycles. The lowest BCUT2D eigenvalue weighted by molar-refractivity contribution is 0.0426. The van der Waals surface area contributed by atoms with Gasteiger partial charge in [0.2, 0.25) is 0 Å². The molecule has 0 amide bonds. The number of aromatic nitrogens is 1. The molecule has 0 bridgehead atoms. The largest absolute Gasteiger partial charge is 0.392 e. The molecule has 3 rings (SSSR count). The summed E-state index contributed by atoms with van der Waals surface area (Å²) in [7, 11) is -3.98. The average Bonchev–Trinajstić information content (AvgIpc) is 3.42. The van der Waals surface area contributed by atoms with Crippen LogP contribution in [-0.4, -0.2) is 70.6 Å². The first-order valence-electron chi connectivity index (χ1n) is 12.0. The summed E-state index contributed by atoms with van der Waals surface area (Å²) in [5.74, 6) is 0.275. The fourth-order valence-electron chi connectivity index (χ4n) is 4.44. The Morgan fingerprint density at radius 1 is 1.17 bits per heavy atom. The smallest absolute Gasteiger partial charge is 0.254 e. The molecule has 4 unspecified atom stereocenters. The van der Waals surface area contributed by atoms with Crippen molar-refractivity contribution in [1.29, 1.82) is 0 Å². The minimum Gasteiger partial charge on any atom is -0.392 e. The van der Waals surface area contributed by atoms with Crippen molar-refractivity contribution in [2.45, 2.75) is 75.1 Å². The fourth-order valence-corrected chi connectivity index (χ4v) is 7.60. The van der Waals surface area contributed by atoms with Crippen LogP contribution in [0.2, 0.25) is 0 Å². The van der Waals surface area contributed by atoms with E-state index in [9.17, 15) is 23.7 Å². The maximum atomic E-state index is 13.5. The van der Waals surface area contributed by atoms with Gasteiger partial charge in [-0.3, -0.25) is 5.32 Å². The average molecular weight is 524 g/mol. The van der Waals surface area contributed by atoms with Crippen molar-refractivity contribution >= 4 is 21.4 Å². The maximum Gasteiger partial charge on any atom is 0.254 e. The van der Waals surface area contributed by atoms with Crippen molar-refractivity contribution in [3.05, 3.63) is 58.7 Å². The SMILES string of the molecule is Cc1nc(C)c(S(=O)(=O)N(CC(O)C(Cc2ccccc2)NC(O)CC2C=CCC2)C[C@@H](C)O)s1. The molecule has 1 heterocycles. The summed E-state index contributed by atoms with van der Waals surface area (Å²) in [4.78, 5) is 4.23. The van der Waals surface area contributed by atoms with Gasteiger partial charge in [0.05, 0.1) is 22.9 Å². The maximum absolute atomic E-state index is 13.5. The Bertz CT molecular complexity index is 1070. The van der Waals surface area contributed by atoms with E-state index in [-0.39, 0.29) is 23.2 Å². The molecule has 1 aromatic carbocycles. The third-order valence-corrected chi connectivity index (χ3v) is 9.59. The van der Waals surface area contributed by atoms with E-state index in [1.165, 1.54) is 6.92 Å². The van der Waals surface area contributed by atoms with E-state index < -0.39 is 34.5 Å². The molecule has 0 saturated carbocycles. The van der Waals surface area contributed by atoms with Crippen molar-refractivity contribution < 1.29 is 23.7 Å². The number of hydrogen-bond acceptors (Lipinski definition) is 8. The lowest BCUT2D eigenvalue weighted by atomic mass is 9.99. The molecule has 10 heteroatoms. The topological polar surface area (TPSA) is 123 Å². The van der Waals surface area contributed by atoms with E-state index in [1.807, 2.05) is 30.3 Å². The summed E-state index contributed by atoms with van der Waals surface area (Å²) in [6.45, 7) is 4.50. The van der Waals surface area contributed by atoms with E-state index in [0.717, 1.165) is 34.0 Å². The molecular weight excluding hydrogens is 486 g/mol. The highest BCUT2D eigenvalue weighted by molar-refractivity contribution is 7.91. The van der Waals surface area contributed by atoms with E-state index >= 15 is 0 Å². The van der Waals surface area contributed by atoms with E-state index in [1.54, 1.807) is 13.8 Å². The van der Waals surface area contributed by atoms with Crippen LogP contribution in [0, 0.1) is 19.8 Å². The predicted octanol–water partition coefficient (Wildman–Crippen LogP) is 2.37. The lowest BCUT2D eigenvalue weighted by Crippen LogP contribution is -2.52. The third-order valence-electron chi connectivity index (χ3n) is 6.10. The second-order valence-corrected chi connectivity index (χ2v) is 12.7. The Morgan fingerprint density at radius 2 is 1.89 bits per heavy atom. The van der Waals surface area contributed by atoms with Crippen LogP contribution in [-0.2, 0) is 16.4 Å². The first kappa shape index (κ1) is 27.9. The van der Waals surface area contributed by atoms with Crippen LogP contribution in [0.4, 0.5) is 0 Å². The summed E-state index contributed by atoms with van der Waals surface area (Å²) in [6.07, 6.45) is 4.20. The molecule has 1 aromatic heterocycles. The molecule has 1 aliphatic rings. The van der Waals surface area contributed by atoms with Gasteiger partial charge in [0.25, 0.3) is 10.0 Å². The van der Waals surface area contributed by atoms with Crippen molar-refractivity contribution in [3.63, 3.8) is 0 Å². The first-order chi connectivity index (χ1) is 16.6. The zero-order valence-corrected chi connectivity index (χ0v) is 22.2. The number of sulfonamides is 1. The number of thiazole rings is 1. The highest BCUT2D eigenvalue weighted by Gasteiger charge is 2.34. The summed E-state index contributed by atoms with van der Waals surface area (Å²) in [5.41, 5.74) is 1.35. The van der Waals surface area contributed by atoms with Crippen LogP contribution in [0.25, 0.3) is 0 Å². The van der Waals surface area contributed by atoms with Gasteiger partial charge in [-0.15, -0.1) is 11.3 Å². The molecule has 0 aliphatic heterocycles. The zero-order chi connectivity index (χ0) is 25.6. The first-order valence-corrected chi connectivity index (χ1v) is 14.3. The van der Waals surface area contributed by atoms with Gasteiger partial charge >= 0.3 is 0 Å². The molecule has 2 aromatic rings. The summed E-state index contributed by atoms with van der Waals surface area (Å²) >= 11 is 1.08. The highest BCUT2D eigenvalue weighted by Crippen LogP contribution is 2.27. The third kappa shape index (κ3) is 7.91. The summed E-state index contributed by atoms with van der Waals surface area (Å²) in [5, 5.41) is 35.8. The van der Waals surface area contributed by atoms with Crippen LogP contribution < -0.4 is 5.32 Å². The Hall–Kier alpha value is -1.66. The van der Waals surface area contributed by atoms with Gasteiger partial charge in [0, 0.05) is 19.1 Å². The number of rotatable bonds is 13. The van der Waals surface area contributed by atoms with Crippen LogP contribution >= 0.6 is 11.3 Å². The molecule has 194 valence electrons. The van der Waals surface area contributed by atoms with Gasteiger partial charge in [-0.2, -0.15) is 4.31 Å². The standard InChI is InChI=1S/C25H37N3O5S2/c1-17(29)15-28(35(32,33)25-18(2)26-19(3)34-25)16-23(30)22(13-20-9-5-4-6-10-20)27-24(31)14-21-11-7-8-12-21/h4-7,9-11,17,21-24,27,29-31H,8,12-16H2,1-3H3/t17-,21?,22?,23?,24?/m1/s1. The van der Waals surface area contributed by atoms with E-state index in [0.29, 0.717) is 23.5 Å². The summed E-state index contributed by atoms with van der Waals surface area (Å²) < 4.78 is 28.2. The van der Waals surface area contributed by atoms with Gasteiger partial charge in [-0.25, -0.2) is 13.4 Å². The van der Waals surface area contributed by atoms with Gasteiger partial charge in [-0.05, 0) is 57.9 Å². The highest BCUT2D eigenvalue weighted by atomic mass is 32.2. The molecular formula is C25H37N3O5S2. The number of hydrogen-bond donors (Lipinski definition) is 4. The Morgan fingerprint density at radius 3 is 2.46 bits per heavy atom. The number of aliphatic hydroxyl groups excluding tert-OH is 3. The minimum atomic E-state index is -3.98. The Labute approximate surface area is 212 Å². The van der Waals surface area contributed by atoms with Gasteiger partial charge in [0.1, 0.15) is 6.23 Å². The van der Waals surface area contributed by atoms with Gasteiger partial charge in [0.15, 0.2) is 4.21 Å². The van der Waals surface area contributed by atoms with Crippen LogP contribution in [0.3, 0.4) is 0 Å². The second kappa shape index (κ2) is 12.5. The molecule has 5 atom stereocenters. The van der Waals surface area contributed by atoms with Crippen molar-refractivity contribution in [1.82, 2.24) is 14.6 Å². The normalized spacial score (nSPS) is 19.7. The second-order valence-electron chi connectivity index (χ2n) is 9.32. The van der Waals surface area contributed by atoms with Crippen LogP contribution in [0.15, 0.2) is 46.7 Å². The fraction of sp³-hybridized carbons (Fsp3) is 0.560. The van der Waals surface area contributed by atoms with Crippen LogP contribution in [0.1, 0.15) is 42.5 Å². The van der Waals surface area contributed by atoms with Crippen molar-refractivity contribution in [3.8, 4) is 0 Å².